The summed E-state index contributed by atoms with van der Waals surface area (Å²) in [6, 6.07) is 8.25. The number of thiocarbonyl (C=S) groups is 1. The molecule has 1 heterocycles. The average molecular weight is 395 g/mol. The molecule has 1 aliphatic heterocycles. The average Bonchev–Trinajstić information content (AvgIpc) is 2.92. The van der Waals surface area contributed by atoms with Gasteiger partial charge in [0, 0.05) is 25.1 Å². The van der Waals surface area contributed by atoms with Crippen LogP contribution in [0.15, 0.2) is 24.3 Å². The van der Waals surface area contributed by atoms with E-state index in [4.69, 9.17) is 12.2 Å². The number of hydrogen-bond donors (Lipinski definition) is 2. The lowest BCUT2D eigenvalue weighted by Crippen LogP contribution is -3.04. The van der Waals surface area contributed by atoms with Crippen molar-refractivity contribution in [2.24, 2.45) is 0 Å². The van der Waals surface area contributed by atoms with Gasteiger partial charge < -0.3 is 10.2 Å². The van der Waals surface area contributed by atoms with E-state index in [-0.39, 0.29) is 11.8 Å². The molecule has 1 aromatic carbocycles. The third-order valence-corrected chi connectivity index (χ3v) is 5.70. The molecule has 1 saturated heterocycles. The molecule has 0 aliphatic carbocycles. The molecule has 0 spiro atoms. The van der Waals surface area contributed by atoms with E-state index in [2.05, 4.69) is 31.5 Å². The summed E-state index contributed by atoms with van der Waals surface area (Å²) in [4.78, 5) is 26.7. The fraction of sp³-hybridized carbons (Fsp3) is 0.526. The summed E-state index contributed by atoms with van der Waals surface area (Å²) in [5.74, 6) is 0.661. The highest BCUT2D eigenvalue weighted by Gasteiger charge is 2.25. The van der Waals surface area contributed by atoms with Gasteiger partial charge in [0.25, 0.3) is 0 Å². The van der Waals surface area contributed by atoms with E-state index in [1.807, 2.05) is 12.1 Å². The Morgan fingerprint density at radius 1 is 1.23 bits per heavy atom. The van der Waals surface area contributed by atoms with E-state index in [1.165, 1.54) is 27.8 Å². The summed E-state index contributed by atoms with van der Waals surface area (Å²) < 4.78 is 0.686. The van der Waals surface area contributed by atoms with Crippen molar-refractivity contribution in [2.45, 2.75) is 38.8 Å². The van der Waals surface area contributed by atoms with Crippen LogP contribution >= 0.6 is 24.0 Å². The summed E-state index contributed by atoms with van der Waals surface area (Å²) in [7, 11) is 4.24. The van der Waals surface area contributed by atoms with Gasteiger partial charge in [-0.05, 0) is 18.4 Å². The number of quaternary nitrogens is 1. The molecule has 2 N–H and O–H groups in total. The SMILES string of the molecule is C[NH+](C)Cc1ccccc1CNC(=O)CCCCCN1C(=O)CSC1=S. The summed E-state index contributed by atoms with van der Waals surface area (Å²) in [5.41, 5.74) is 2.46. The minimum atomic E-state index is 0.0836. The number of carbonyl (C=O) groups is 2. The Kier molecular flexibility index (Phi) is 8.54. The first kappa shape index (κ1) is 20.9. The van der Waals surface area contributed by atoms with Gasteiger partial charge in [-0.2, -0.15) is 0 Å². The lowest BCUT2D eigenvalue weighted by molar-refractivity contribution is -0.872. The third kappa shape index (κ3) is 6.70. The zero-order valence-electron chi connectivity index (χ0n) is 15.5. The highest BCUT2D eigenvalue weighted by Crippen LogP contribution is 2.19. The lowest BCUT2D eigenvalue weighted by Gasteiger charge is -2.14. The van der Waals surface area contributed by atoms with Crippen molar-refractivity contribution in [1.29, 1.82) is 0 Å². The van der Waals surface area contributed by atoms with Gasteiger partial charge in [0.2, 0.25) is 11.8 Å². The Bertz CT molecular complexity index is 633. The molecule has 0 radical (unpaired) electrons. The minimum absolute atomic E-state index is 0.0836. The molecule has 0 unspecified atom stereocenters. The predicted octanol–water partition coefficient (Wildman–Crippen LogP) is 1.37. The van der Waals surface area contributed by atoms with E-state index < -0.39 is 0 Å². The normalized spacial score (nSPS) is 14.3. The maximum absolute atomic E-state index is 12.1. The van der Waals surface area contributed by atoms with Crippen LogP contribution in [-0.4, -0.2) is 47.4 Å². The van der Waals surface area contributed by atoms with Crippen molar-refractivity contribution in [3.8, 4) is 0 Å². The van der Waals surface area contributed by atoms with Gasteiger partial charge in [-0.25, -0.2) is 0 Å². The molecule has 2 rings (SSSR count). The maximum Gasteiger partial charge on any atom is 0.238 e. The van der Waals surface area contributed by atoms with E-state index in [9.17, 15) is 9.59 Å². The molecule has 142 valence electrons. The highest BCUT2D eigenvalue weighted by molar-refractivity contribution is 8.23. The summed E-state index contributed by atoms with van der Waals surface area (Å²) in [6.45, 7) is 2.20. The second kappa shape index (κ2) is 10.6. The van der Waals surface area contributed by atoms with E-state index in [0.29, 0.717) is 29.6 Å². The highest BCUT2D eigenvalue weighted by atomic mass is 32.2. The Hall–Kier alpha value is -1.44. The second-order valence-corrected chi connectivity index (χ2v) is 8.45. The molecule has 2 amide bonds. The molecule has 0 aromatic heterocycles. The zero-order chi connectivity index (χ0) is 18.9. The molecule has 0 atom stereocenters. The van der Waals surface area contributed by atoms with Crippen LogP contribution in [0.4, 0.5) is 0 Å². The van der Waals surface area contributed by atoms with E-state index >= 15 is 0 Å². The fourth-order valence-electron chi connectivity index (χ4n) is 2.89. The van der Waals surface area contributed by atoms with Crippen LogP contribution in [-0.2, 0) is 22.7 Å². The van der Waals surface area contributed by atoms with Gasteiger partial charge in [0.15, 0.2) is 0 Å². The first-order chi connectivity index (χ1) is 12.5. The van der Waals surface area contributed by atoms with Crippen LogP contribution in [0.2, 0.25) is 0 Å². The number of rotatable bonds is 10. The van der Waals surface area contributed by atoms with Crippen LogP contribution in [0.3, 0.4) is 0 Å². The van der Waals surface area contributed by atoms with Crippen LogP contribution in [0.5, 0.6) is 0 Å². The number of nitrogens with zero attached hydrogens (tertiary/aromatic N) is 1. The van der Waals surface area contributed by atoms with Crippen LogP contribution in [0.1, 0.15) is 36.8 Å². The van der Waals surface area contributed by atoms with Gasteiger partial charge in [-0.15, -0.1) is 0 Å². The van der Waals surface area contributed by atoms with Crippen molar-refractivity contribution in [3.63, 3.8) is 0 Å². The molecular formula is C19H28N3O2S2+. The molecule has 7 heteroatoms. The smallest absolute Gasteiger partial charge is 0.238 e. The minimum Gasteiger partial charge on any atom is -0.352 e. The van der Waals surface area contributed by atoms with Crippen LogP contribution < -0.4 is 10.2 Å². The molecule has 1 aliphatic rings. The topological polar surface area (TPSA) is 53.9 Å². The van der Waals surface area contributed by atoms with Crippen molar-refractivity contribution < 1.29 is 14.5 Å². The molecule has 0 bridgehead atoms. The zero-order valence-corrected chi connectivity index (χ0v) is 17.2. The number of nitrogens with one attached hydrogen (secondary N) is 2. The van der Waals surface area contributed by atoms with E-state index in [1.54, 1.807) is 4.90 Å². The standard InChI is InChI=1S/C19H27N3O2S2/c1-21(2)13-16-9-6-5-8-15(16)12-20-17(23)10-4-3-7-11-22-18(24)14-26-19(22)25/h5-6,8-9H,3-4,7,10-14H2,1-2H3,(H,20,23)/p+1. The third-order valence-electron chi connectivity index (χ3n) is 4.26. The number of hydrogen-bond acceptors (Lipinski definition) is 4. The van der Waals surface area contributed by atoms with Crippen LogP contribution in [0.25, 0.3) is 0 Å². The quantitative estimate of drug-likeness (QED) is 0.465. The number of thioether (sulfide) groups is 1. The summed E-state index contributed by atoms with van der Waals surface area (Å²) >= 11 is 6.59. The molecular weight excluding hydrogens is 366 g/mol. The van der Waals surface area contributed by atoms with Gasteiger partial charge in [0.1, 0.15) is 10.9 Å². The number of benzene rings is 1. The maximum atomic E-state index is 12.1. The van der Waals surface area contributed by atoms with Crippen molar-refractivity contribution in [3.05, 3.63) is 35.4 Å². The number of amides is 2. The fourth-order valence-corrected chi connectivity index (χ4v) is 4.02. The largest absolute Gasteiger partial charge is 0.352 e. The molecule has 0 saturated carbocycles. The molecule has 26 heavy (non-hydrogen) atoms. The molecule has 1 aromatic rings. The van der Waals surface area contributed by atoms with Crippen molar-refractivity contribution >= 4 is 40.1 Å². The lowest BCUT2D eigenvalue weighted by atomic mass is 10.1. The number of unbranched alkanes of at least 4 members (excludes halogenated alkanes) is 2. The van der Waals surface area contributed by atoms with Gasteiger partial charge in [-0.3, -0.25) is 14.5 Å². The molecule has 5 nitrogen and oxygen atoms in total. The Labute approximate surface area is 165 Å². The van der Waals surface area contributed by atoms with Gasteiger partial charge in [0.05, 0.1) is 19.8 Å². The van der Waals surface area contributed by atoms with Crippen molar-refractivity contribution in [1.82, 2.24) is 10.2 Å². The van der Waals surface area contributed by atoms with Crippen molar-refractivity contribution in [2.75, 3.05) is 26.4 Å². The van der Waals surface area contributed by atoms with Crippen LogP contribution in [0, 0.1) is 0 Å². The van der Waals surface area contributed by atoms with E-state index in [0.717, 1.165) is 25.8 Å². The monoisotopic (exact) mass is 394 g/mol. The molecule has 1 fully saturated rings. The Morgan fingerprint density at radius 3 is 2.62 bits per heavy atom. The summed E-state index contributed by atoms with van der Waals surface area (Å²) in [6.07, 6.45) is 3.16. The Morgan fingerprint density at radius 2 is 1.96 bits per heavy atom. The second-order valence-electron chi connectivity index (χ2n) is 6.84. The predicted molar refractivity (Wildman–Crippen MR) is 110 cm³/mol. The first-order valence-corrected chi connectivity index (χ1v) is 10.5. The van der Waals surface area contributed by atoms with Gasteiger partial charge in [-0.1, -0.05) is 54.7 Å². The summed E-state index contributed by atoms with van der Waals surface area (Å²) in [5, 5.41) is 3.02. The number of carbonyl (C=O) groups excluding carboxylic acids is 2. The van der Waals surface area contributed by atoms with Gasteiger partial charge >= 0.3 is 0 Å². The first-order valence-electron chi connectivity index (χ1n) is 9.07. The Balaban J connectivity index is 1.64.